The molecule has 0 radical (unpaired) electrons. The van der Waals surface area contributed by atoms with E-state index < -0.39 is 22.0 Å². The number of anilines is 1. The van der Waals surface area contributed by atoms with E-state index in [4.69, 9.17) is 13.9 Å². The lowest BCUT2D eigenvalue weighted by Crippen LogP contribution is -2.35. The molecule has 1 atom stereocenters. The largest absolute Gasteiger partial charge is 0.462 e. The number of fused-ring (bicyclic) bond motifs is 2. The van der Waals surface area contributed by atoms with Crippen molar-refractivity contribution >= 4 is 38.6 Å². The summed E-state index contributed by atoms with van der Waals surface area (Å²) in [7, 11) is -3.94. The molecule has 0 saturated carbocycles. The lowest BCUT2D eigenvalue weighted by atomic mass is 10.1. The second-order valence-electron chi connectivity index (χ2n) is 9.95. The lowest BCUT2D eigenvalue weighted by molar-refractivity contribution is 0.0528. The Labute approximate surface area is 243 Å². The summed E-state index contributed by atoms with van der Waals surface area (Å²) < 4.78 is 45.7. The molecule has 0 bridgehead atoms. The molecule has 1 aliphatic rings. The van der Waals surface area contributed by atoms with Gasteiger partial charge in [-0.15, -0.1) is 0 Å². The average Bonchev–Trinajstić information content (AvgIpc) is 3.55. The third kappa shape index (κ3) is 4.81. The van der Waals surface area contributed by atoms with Crippen LogP contribution in [0.2, 0.25) is 0 Å². The van der Waals surface area contributed by atoms with Crippen LogP contribution in [0, 0.1) is 0 Å². The van der Waals surface area contributed by atoms with Crippen LogP contribution in [0.25, 0.3) is 22.3 Å². The van der Waals surface area contributed by atoms with Gasteiger partial charge in [-0.1, -0.05) is 54.6 Å². The number of hydrogen-bond donors (Lipinski definition) is 0. The Balaban J connectivity index is 1.32. The van der Waals surface area contributed by atoms with Gasteiger partial charge in [0.05, 0.1) is 22.8 Å². The van der Waals surface area contributed by atoms with Crippen LogP contribution in [0.4, 0.5) is 5.69 Å². The van der Waals surface area contributed by atoms with Crippen LogP contribution < -0.4 is 9.04 Å². The van der Waals surface area contributed by atoms with Crippen LogP contribution >= 0.6 is 0 Å². The molecule has 0 aliphatic carbocycles. The molecule has 0 spiro atoms. The van der Waals surface area contributed by atoms with E-state index >= 15 is 0 Å². The van der Waals surface area contributed by atoms with E-state index in [9.17, 15) is 18.0 Å². The first-order valence-electron chi connectivity index (χ1n) is 13.5. The van der Waals surface area contributed by atoms with E-state index in [2.05, 4.69) is 0 Å². The first kappa shape index (κ1) is 27.3. The predicted octanol–water partition coefficient (Wildman–Crippen LogP) is 6.64. The number of carbonyl (C=O) groups is 2. The fraction of sp³-hybridized carbons (Fsp3) is 0.152. The number of carbonyl (C=O) groups excluding carboxylic acids is 2. The van der Waals surface area contributed by atoms with Gasteiger partial charge in [0, 0.05) is 17.0 Å². The highest BCUT2D eigenvalue weighted by Crippen LogP contribution is 2.38. The molecule has 5 aromatic rings. The van der Waals surface area contributed by atoms with Crippen LogP contribution in [0.5, 0.6) is 5.75 Å². The summed E-state index contributed by atoms with van der Waals surface area (Å²) in [5, 5.41) is 0.426. The number of esters is 2. The van der Waals surface area contributed by atoms with E-state index in [1.165, 1.54) is 28.6 Å². The van der Waals surface area contributed by atoms with Gasteiger partial charge in [0.2, 0.25) is 0 Å². The minimum atomic E-state index is -3.94. The van der Waals surface area contributed by atoms with Gasteiger partial charge in [-0.05, 0) is 68.3 Å². The Hall–Kier alpha value is -4.89. The average molecular weight is 582 g/mol. The predicted molar refractivity (Wildman–Crippen MR) is 158 cm³/mol. The molecule has 0 amide bonds. The number of para-hydroxylation sites is 1. The highest BCUT2D eigenvalue weighted by molar-refractivity contribution is 7.92. The first-order chi connectivity index (χ1) is 20.3. The first-order valence-corrected chi connectivity index (χ1v) is 15.0. The molecule has 212 valence electrons. The van der Waals surface area contributed by atoms with Gasteiger partial charge in [0.25, 0.3) is 10.0 Å². The Morgan fingerprint density at radius 2 is 1.67 bits per heavy atom. The van der Waals surface area contributed by atoms with Crippen molar-refractivity contribution in [2.75, 3.05) is 10.9 Å². The van der Waals surface area contributed by atoms with Gasteiger partial charge < -0.3 is 13.9 Å². The summed E-state index contributed by atoms with van der Waals surface area (Å²) in [5.74, 6) is -0.795. The molecule has 0 N–H and O–H groups in total. The Morgan fingerprint density at radius 1 is 0.905 bits per heavy atom. The maximum absolute atomic E-state index is 13.7. The summed E-state index contributed by atoms with van der Waals surface area (Å²) in [6.45, 7) is 3.75. The van der Waals surface area contributed by atoms with Gasteiger partial charge in [0.1, 0.15) is 22.7 Å². The fourth-order valence-electron chi connectivity index (χ4n) is 5.31. The van der Waals surface area contributed by atoms with Crippen LogP contribution in [0.1, 0.15) is 40.1 Å². The van der Waals surface area contributed by atoms with Crippen LogP contribution in [0.3, 0.4) is 0 Å². The molecule has 0 unspecified atom stereocenters. The van der Waals surface area contributed by atoms with Crippen LogP contribution in [-0.2, 0) is 21.2 Å². The zero-order chi connectivity index (χ0) is 29.4. The van der Waals surface area contributed by atoms with E-state index in [0.29, 0.717) is 34.4 Å². The minimum Gasteiger partial charge on any atom is -0.462 e. The molecule has 0 fully saturated rings. The highest BCUT2D eigenvalue weighted by Gasteiger charge is 2.36. The number of benzene rings is 4. The standard InChI is InChI=1S/C33H27NO7S/c1-3-39-33(36)30-27-20-25(16-17-29(27)41-31(30)22-10-5-4-6-11-22)40-32(35)24-13-9-14-26(19-24)42(37,38)34-21(2)18-23-12-7-8-15-28(23)34/h4-17,19-21H,3,18H2,1-2H3/t21-/m0/s1. The maximum atomic E-state index is 13.7. The van der Waals surface area contributed by atoms with Gasteiger partial charge in [-0.3, -0.25) is 4.31 Å². The molecule has 42 heavy (non-hydrogen) atoms. The molecular weight excluding hydrogens is 554 g/mol. The summed E-state index contributed by atoms with van der Waals surface area (Å²) >= 11 is 0. The van der Waals surface area contributed by atoms with E-state index in [1.807, 2.05) is 49.4 Å². The van der Waals surface area contributed by atoms with Crippen molar-refractivity contribution in [2.45, 2.75) is 31.2 Å². The molecule has 6 rings (SSSR count). The molecule has 9 heteroatoms. The molecule has 8 nitrogen and oxygen atoms in total. The van der Waals surface area contributed by atoms with E-state index in [-0.39, 0.29) is 34.4 Å². The summed E-state index contributed by atoms with van der Waals surface area (Å²) in [6, 6.07) is 26.8. The SMILES string of the molecule is CCOC(=O)c1c(-c2ccccc2)oc2ccc(OC(=O)c3cccc(S(=O)(=O)N4c5ccccc5C[C@@H]4C)c3)cc12. The quantitative estimate of drug-likeness (QED) is 0.157. The number of sulfonamides is 1. The van der Waals surface area contributed by atoms with Gasteiger partial charge in [0.15, 0.2) is 0 Å². The van der Waals surface area contributed by atoms with Crippen molar-refractivity contribution in [3.8, 4) is 17.1 Å². The van der Waals surface area contributed by atoms with Crippen molar-refractivity contribution in [1.82, 2.24) is 0 Å². The summed E-state index contributed by atoms with van der Waals surface area (Å²) in [6.07, 6.45) is 0.605. The smallest absolute Gasteiger partial charge is 0.343 e. The zero-order valence-electron chi connectivity index (χ0n) is 22.9. The van der Waals surface area contributed by atoms with Gasteiger partial charge in [-0.2, -0.15) is 0 Å². The van der Waals surface area contributed by atoms with Crippen LogP contribution in [-0.4, -0.2) is 33.0 Å². The minimum absolute atomic E-state index is 0.0112. The van der Waals surface area contributed by atoms with E-state index in [0.717, 1.165) is 5.56 Å². The molecule has 1 aromatic heterocycles. The van der Waals surface area contributed by atoms with Crippen molar-refractivity contribution < 1.29 is 31.9 Å². The monoisotopic (exact) mass is 581 g/mol. The maximum Gasteiger partial charge on any atom is 0.343 e. The van der Waals surface area contributed by atoms with Crippen molar-refractivity contribution in [2.24, 2.45) is 0 Å². The molecule has 2 heterocycles. The van der Waals surface area contributed by atoms with Crippen molar-refractivity contribution in [3.63, 3.8) is 0 Å². The van der Waals surface area contributed by atoms with E-state index in [1.54, 1.807) is 37.3 Å². The normalized spacial score (nSPS) is 14.5. The van der Waals surface area contributed by atoms with Gasteiger partial charge >= 0.3 is 11.9 Å². The third-order valence-corrected chi connectivity index (χ3v) is 9.08. The van der Waals surface area contributed by atoms with Crippen molar-refractivity contribution in [3.05, 3.63) is 114 Å². The van der Waals surface area contributed by atoms with Crippen molar-refractivity contribution in [1.29, 1.82) is 0 Å². The Kier molecular flexibility index (Phi) is 7.04. The number of nitrogens with zero attached hydrogens (tertiary/aromatic N) is 1. The molecule has 4 aromatic carbocycles. The second kappa shape index (κ2) is 10.8. The molecule has 0 saturated heterocycles. The number of furan rings is 1. The van der Waals surface area contributed by atoms with Gasteiger partial charge in [-0.25, -0.2) is 18.0 Å². The Morgan fingerprint density at radius 3 is 2.45 bits per heavy atom. The number of rotatable bonds is 7. The Bertz CT molecular complexity index is 1930. The highest BCUT2D eigenvalue weighted by atomic mass is 32.2. The summed E-state index contributed by atoms with van der Waals surface area (Å²) in [4.78, 5) is 26.2. The molecule has 1 aliphatic heterocycles. The lowest BCUT2D eigenvalue weighted by Gasteiger charge is -2.24. The van der Waals surface area contributed by atoms with Crippen LogP contribution in [0.15, 0.2) is 106 Å². The number of ether oxygens (including phenoxy) is 2. The molecular formula is C33H27NO7S. The fourth-order valence-corrected chi connectivity index (χ4v) is 7.04. The second-order valence-corrected chi connectivity index (χ2v) is 11.8. The topological polar surface area (TPSA) is 103 Å². The zero-order valence-corrected chi connectivity index (χ0v) is 23.8. The number of hydrogen-bond acceptors (Lipinski definition) is 7. The third-order valence-electron chi connectivity index (χ3n) is 7.16. The summed E-state index contributed by atoms with van der Waals surface area (Å²) in [5.41, 5.74) is 3.01.